The zero-order chi connectivity index (χ0) is 16.7. The Morgan fingerprint density at radius 2 is 1.62 bits per heavy atom. The van der Waals surface area contributed by atoms with E-state index in [1.54, 1.807) is 0 Å². The molecular formula is C20H30N2O2. The Morgan fingerprint density at radius 3 is 2.33 bits per heavy atom. The molecule has 0 amide bonds. The lowest BCUT2D eigenvalue weighted by Gasteiger charge is -2.13. The van der Waals surface area contributed by atoms with Crippen LogP contribution < -0.4 is 10.6 Å². The monoisotopic (exact) mass is 330 g/mol. The fourth-order valence-corrected chi connectivity index (χ4v) is 2.51. The number of hydrogen-bond acceptors (Lipinski definition) is 4. The van der Waals surface area contributed by atoms with Gasteiger partial charge in [0.2, 0.25) is 0 Å². The summed E-state index contributed by atoms with van der Waals surface area (Å²) in [5.74, 6) is 0.627. The van der Waals surface area contributed by atoms with Crippen LogP contribution >= 0.6 is 0 Å². The van der Waals surface area contributed by atoms with Crippen molar-refractivity contribution in [2.24, 2.45) is 5.92 Å². The van der Waals surface area contributed by atoms with Gasteiger partial charge in [0.25, 0.3) is 0 Å². The van der Waals surface area contributed by atoms with E-state index in [0.29, 0.717) is 19.1 Å². The summed E-state index contributed by atoms with van der Waals surface area (Å²) in [6.07, 6.45) is 9.84. The predicted octanol–water partition coefficient (Wildman–Crippen LogP) is 2.53. The highest BCUT2D eigenvalue weighted by molar-refractivity contribution is 5.14. The third-order valence-electron chi connectivity index (χ3n) is 3.87. The van der Waals surface area contributed by atoms with E-state index in [2.05, 4.69) is 59.2 Å². The number of allylic oxidation sites excluding steroid dienone is 3. The van der Waals surface area contributed by atoms with E-state index in [1.165, 1.54) is 5.56 Å². The third kappa shape index (κ3) is 8.99. The van der Waals surface area contributed by atoms with E-state index < -0.39 is 0 Å². The van der Waals surface area contributed by atoms with Crippen molar-refractivity contribution < 1.29 is 9.47 Å². The second-order valence-electron chi connectivity index (χ2n) is 5.90. The van der Waals surface area contributed by atoms with Crippen molar-refractivity contribution in [1.82, 2.24) is 10.6 Å². The number of rotatable bonds is 13. The lowest BCUT2D eigenvalue weighted by atomic mass is 10.0. The summed E-state index contributed by atoms with van der Waals surface area (Å²) < 4.78 is 11.1. The van der Waals surface area contributed by atoms with Gasteiger partial charge < -0.3 is 20.1 Å². The van der Waals surface area contributed by atoms with Gasteiger partial charge in [0.05, 0.1) is 26.4 Å². The van der Waals surface area contributed by atoms with E-state index in [9.17, 15) is 0 Å². The lowest BCUT2D eigenvalue weighted by Crippen LogP contribution is -2.26. The minimum absolute atomic E-state index is 0.627. The molecule has 4 heteroatoms. The highest BCUT2D eigenvalue weighted by Crippen LogP contribution is 2.09. The van der Waals surface area contributed by atoms with Gasteiger partial charge in [-0.25, -0.2) is 0 Å². The molecule has 0 heterocycles. The smallest absolute Gasteiger partial charge is 0.0701 e. The van der Waals surface area contributed by atoms with E-state index in [4.69, 9.17) is 9.47 Å². The number of ether oxygens (including phenoxy) is 2. The Bertz CT molecular complexity index is 474. The fourth-order valence-electron chi connectivity index (χ4n) is 2.51. The maximum atomic E-state index is 5.56. The van der Waals surface area contributed by atoms with Crippen LogP contribution in [0.5, 0.6) is 0 Å². The highest BCUT2D eigenvalue weighted by Gasteiger charge is 2.03. The van der Waals surface area contributed by atoms with Crippen LogP contribution in [-0.2, 0) is 16.0 Å². The second kappa shape index (κ2) is 12.9. The molecule has 1 unspecified atom stereocenters. The summed E-state index contributed by atoms with van der Waals surface area (Å²) in [4.78, 5) is 0. The molecule has 4 nitrogen and oxygen atoms in total. The minimum atomic E-state index is 0.627. The van der Waals surface area contributed by atoms with E-state index in [0.717, 1.165) is 45.8 Å². The van der Waals surface area contributed by atoms with Crippen LogP contribution in [0.1, 0.15) is 12.0 Å². The Labute approximate surface area is 145 Å². The molecule has 2 rings (SSSR count). The van der Waals surface area contributed by atoms with Gasteiger partial charge in [0.15, 0.2) is 0 Å². The normalized spacial score (nSPS) is 16.6. The van der Waals surface area contributed by atoms with Crippen LogP contribution in [-0.4, -0.2) is 46.1 Å². The molecule has 2 N–H and O–H groups in total. The SMILES string of the molecule is C1=CCC(CNCCOCCOCCNCc2ccccc2)C=C1. The van der Waals surface area contributed by atoms with Gasteiger partial charge in [-0.3, -0.25) is 0 Å². The molecule has 1 aliphatic carbocycles. The molecule has 0 bridgehead atoms. The quantitative estimate of drug-likeness (QED) is 0.546. The summed E-state index contributed by atoms with van der Waals surface area (Å²) in [6, 6.07) is 10.4. The van der Waals surface area contributed by atoms with Gasteiger partial charge in [-0.2, -0.15) is 0 Å². The first-order chi connectivity index (χ1) is 11.9. The molecule has 1 aliphatic rings. The third-order valence-corrected chi connectivity index (χ3v) is 3.87. The van der Waals surface area contributed by atoms with Crippen molar-refractivity contribution in [3.63, 3.8) is 0 Å². The standard InChI is InChI=1S/C20H30N2O2/c1-3-7-19(8-4-1)17-21-11-13-23-15-16-24-14-12-22-18-20-9-5-2-6-10-20/h1-9,20-22H,10-18H2. The van der Waals surface area contributed by atoms with Gasteiger partial charge >= 0.3 is 0 Å². The minimum Gasteiger partial charge on any atom is -0.378 e. The molecule has 0 spiro atoms. The van der Waals surface area contributed by atoms with Crippen molar-refractivity contribution in [3.8, 4) is 0 Å². The summed E-state index contributed by atoms with van der Waals surface area (Å²) in [5, 5.41) is 6.79. The lowest BCUT2D eigenvalue weighted by molar-refractivity contribution is 0.0497. The van der Waals surface area contributed by atoms with E-state index >= 15 is 0 Å². The molecule has 0 aromatic heterocycles. The Balaban J connectivity index is 1.30. The summed E-state index contributed by atoms with van der Waals surface area (Å²) in [6.45, 7) is 6.44. The van der Waals surface area contributed by atoms with Crippen LogP contribution in [0.15, 0.2) is 54.6 Å². The average molecular weight is 330 g/mol. The molecule has 1 atom stereocenters. The molecule has 0 fully saturated rings. The van der Waals surface area contributed by atoms with Gasteiger partial charge in [-0.05, 0) is 17.9 Å². The Hall–Kier alpha value is -1.46. The first-order valence-corrected chi connectivity index (χ1v) is 8.89. The number of hydrogen-bond donors (Lipinski definition) is 2. The molecule has 132 valence electrons. The summed E-state index contributed by atoms with van der Waals surface area (Å²) in [7, 11) is 0. The molecule has 1 aromatic carbocycles. The highest BCUT2D eigenvalue weighted by atomic mass is 16.5. The first kappa shape index (κ1) is 18.9. The van der Waals surface area contributed by atoms with E-state index in [-0.39, 0.29) is 0 Å². The largest absolute Gasteiger partial charge is 0.378 e. The van der Waals surface area contributed by atoms with Crippen LogP contribution in [0.25, 0.3) is 0 Å². The second-order valence-corrected chi connectivity index (χ2v) is 5.90. The Kier molecular flexibility index (Phi) is 10.1. The van der Waals surface area contributed by atoms with Crippen molar-refractivity contribution in [3.05, 3.63) is 60.2 Å². The van der Waals surface area contributed by atoms with Crippen LogP contribution in [0.4, 0.5) is 0 Å². The zero-order valence-corrected chi connectivity index (χ0v) is 14.5. The topological polar surface area (TPSA) is 42.5 Å². The van der Waals surface area contributed by atoms with Crippen LogP contribution in [0, 0.1) is 5.92 Å². The van der Waals surface area contributed by atoms with Crippen LogP contribution in [0.3, 0.4) is 0 Å². The van der Waals surface area contributed by atoms with Gasteiger partial charge in [0.1, 0.15) is 0 Å². The van der Waals surface area contributed by atoms with Gasteiger partial charge in [-0.15, -0.1) is 0 Å². The van der Waals surface area contributed by atoms with Gasteiger partial charge in [-0.1, -0.05) is 54.6 Å². The predicted molar refractivity (Wildman–Crippen MR) is 99.0 cm³/mol. The molecule has 0 aliphatic heterocycles. The maximum Gasteiger partial charge on any atom is 0.0701 e. The molecule has 0 saturated carbocycles. The average Bonchev–Trinajstić information content (AvgIpc) is 2.64. The number of benzene rings is 1. The number of nitrogens with one attached hydrogen (secondary N) is 2. The zero-order valence-electron chi connectivity index (χ0n) is 14.5. The van der Waals surface area contributed by atoms with E-state index in [1.807, 2.05) is 6.07 Å². The molecular weight excluding hydrogens is 300 g/mol. The van der Waals surface area contributed by atoms with Crippen molar-refractivity contribution in [2.75, 3.05) is 46.1 Å². The molecule has 1 aromatic rings. The van der Waals surface area contributed by atoms with Crippen molar-refractivity contribution >= 4 is 0 Å². The maximum absolute atomic E-state index is 5.56. The van der Waals surface area contributed by atoms with Crippen molar-refractivity contribution in [1.29, 1.82) is 0 Å². The Morgan fingerprint density at radius 1 is 0.875 bits per heavy atom. The fraction of sp³-hybridized carbons (Fsp3) is 0.500. The van der Waals surface area contributed by atoms with Gasteiger partial charge in [0, 0.05) is 26.2 Å². The first-order valence-electron chi connectivity index (χ1n) is 8.89. The van der Waals surface area contributed by atoms with Crippen molar-refractivity contribution in [2.45, 2.75) is 13.0 Å². The van der Waals surface area contributed by atoms with Crippen LogP contribution in [0.2, 0.25) is 0 Å². The summed E-state index contributed by atoms with van der Waals surface area (Å²) in [5.41, 5.74) is 1.30. The summed E-state index contributed by atoms with van der Waals surface area (Å²) >= 11 is 0. The molecule has 0 radical (unpaired) electrons. The molecule has 0 saturated heterocycles. The molecule has 24 heavy (non-hydrogen) atoms.